The molecule has 2 aliphatic carbocycles. The van der Waals surface area contributed by atoms with Crippen LogP contribution in [0.1, 0.15) is 33.4 Å². The Kier molecular flexibility index (Phi) is 5.60. The number of halogens is 4. The second-order valence-electron chi connectivity index (χ2n) is 7.61. The van der Waals surface area contributed by atoms with Gasteiger partial charge in [0.1, 0.15) is 41.7 Å². The van der Waals surface area contributed by atoms with Crippen LogP contribution in [0.25, 0.3) is 16.7 Å². The lowest BCUT2D eigenvalue weighted by Crippen LogP contribution is -2.26. The topological polar surface area (TPSA) is 143 Å². The zero-order chi connectivity index (χ0) is 26.3. The molecule has 0 spiro atoms. The molecule has 2 aliphatic rings. The van der Waals surface area contributed by atoms with Gasteiger partial charge in [0, 0.05) is 5.57 Å². The van der Waals surface area contributed by atoms with Gasteiger partial charge in [0.05, 0.1) is 39.8 Å². The second kappa shape index (κ2) is 8.59. The van der Waals surface area contributed by atoms with E-state index in [1.807, 2.05) is 12.1 Å². The van der Waals surface area contributed by atoms with Gasteiger partial charge >= 0.3 is 0 Å². The van der Waals surface area contributed by atoms with Gasteiger partial charge in [-0.25, -0.2) is 17.6 Å². The molecule has 0 saturated heterocycles. The van der Waals surface area contributed by atoms with E-state index < -0.39 is 40.7 Å². The minimum atomic E-state index is -2.92. The third kappa shape index (κ3) is 3.12. The van der Waals surface area contributed by atoms with E-state index in [0.29, 0.717) is 0 Å². The van der Waals surface area contributed by atoms with Gasteiger partial charge in [-0.3, -0.25) is 0 Å². The molecule has 0 amide bonds. The summed E-state index contributed by atoms with van der Waals surface area (Å²) in [5, 5.41) is 56.6. The Morgan fingerprint density at radius 2 is 1.03 bits per heavy atom. The maximum Gasteiger partial charge on any atom is 0.175 e. The van der Waals surface area contributed by atoms with Crippen LogP contribution in [-0.4, -0.2) is 6.17 Å². The summed E-state index contributed by atoms with van der Waals surface area (Å²) < 4.78 is 59.0. The largest absolute Gasteiger partial charge is 0.238 e. The molecule has 4 rings (SSSR count). The lowest BCUT2D eigenvalue weighted by Gasteiger charge is -2.24. The van der Waals surface area contributed by atoms with Crippen LogP contribution in [0.4, 0.5) is 17.6 Å². The van der Waals surface area contributed by atoms with E-state index >= 15 is 8.78 Å². The van der Waals surface area contributed by atoms with Crippen LogP contribution in [-0.2, 0) is 0 Å². The minimum Gasteiger partial charge on any atom is -0.238 e. The molecule has 2 aromatic carbocycles. The maximum atomic E-state index is 15.1. The molecular weight excluding hydrogens is 472 g/mol. The molecule has 2 atom stereocenters. The number of rotatable bonds is 1. The predicted molar refractivity (Wildman–Crippen MR) is 114 cm³/mol. The monoisotopic (exact) mass is 478 g/mol. The van der Waals surface area contributed by atoms with E-state index in [4.69, 9.17) is 5.26 Å². The Bertz CT molecular complexity index is 1670. The lowest BCUT2D eigenvalue weighted by molar-refractivity contribution is 0.242. The first-order valence-corrected chi connectivity index (χ1v) is 9.89. The van der Waals surface area contributed by atoms with Gasteiger partial charge in [0.2, 0.25) is 0 Å². The van der Waals surface area contributed by atoms with E-state index in [2.05, 4.69) is 0 Å². The van der Waals surface area contributed by atoms with Crippen molar-refractivity contribution in [1.29, 1.82) is 31.6 Å². The Labute approximate surface area is 201 Å². The molecule has 0 N–H and O–H groups in total. The molecule has 36 heavy (non-hydrogen) atoms. The van der Waals surface area contributed by atoms with Crippen molar-refractivity contribution < 1.29 is 17.6 Å². The Hall–Kier alpha value is -5.68. The van der Waals surface area contributed by atoms with Gasteiger partial charge in [0.15, 0.2) is 17.8 Å². The molecule has 0 radical (unpaired) electrons. The maximum absolute atomic E-state index is 15.1. The van der Waals surface area contributed by atoms with E-state index in [1.165, 1.54) is 24.3 Å². The number of allylic oxidation sites excluding steroid dienone is 5. The highest BCUT2D eigenvalue weighted by atomic mass is 19.2. The first-order chi connectivity index (χ1) is 17.3. The van der Waals surface area contributed by atoms with Crippen LogP contribution < -0.4 is 0 Å². The van der Waals surface area contributed by atoms with Crippen molar-refractivity contribution in [3.05, 3.63) is 86.3 Å². The van der Waals surface area contributed by atoms with Gasteiger partial charge in [-0.15, -0.1) is 0 Å². The van der Waals surface area contributed by atoms with E-state index in [-0.39, 0.29) is 50.1 Å². The zero-order valence-electron chi connectivity index (χ0n) is 17.7. The molecule has 0 heterocycles. The Morgan fingerprint density at radius 1 is 0.611 bits per heavy atom. The van der Waals surface area contributed by atoms with E-state index in [0.717, 1.165) is 6.07 Å². The molecule has 0 fully saturated rings. The summed E-state index contributed by atoms with van der Waals surface area (Å²) in [4.78, 5) is 0. The van der Waals surface area contributed by atoms with Crippen LogP contribution in [0, 0.1) is 73.9 Å². The Morgan fingerprint density at radius 3 is 1.39 bits per heavy atom. The summed E-state index contributed by atoms with van der Waals surface area (Å²) in [7, 11) is 0. The third-order valence-electron chi connectivity index (χ3n) is 5.91. The first kappa shape index (κ1) is 23.5. The molecular formula is C26H6F4N6. The first-order valence-electron chi connectivity index (χ1n) is 9.89. The highest BCUT2D eigenvalue weighted by Crippen LogP contribution is 2.51. The van der Waals surface area contributed by atoms with Gasteiger partial charge < -0.3 is 0 Å². The van der Waals surface area contributed by atoms with Crippen LogP contribution in [0.5, 0.6) is 0 Å². The minimum absolute atomic E-state index is 0.0342. The van der Waals surface area contributed by atoms with Crippen LogP contribution in [0.3, 0.4) is 0 Å². The van der Waals surface area contributed by atoms with Crippen molar-refractivity contribution in [3.63, 3.8) is 0 Å². The molecule has 168 valence electrons. The quantitative estimate of drug-likeness (QED) is 0.341. The lowest BCUT2D eigenvalue weighted by atomic mass is 9.81. The number of nitrogens with zero attached hydrogens (tertiary/aromatic N) is 6. The van der Waals surface area contributed by atoms with Crippen molar-refractivity contribution in [2.24, 2.45) is 5.92 Å². The average molecular weight is 478 g/mol. The Balaban J connectivity index is 2.18. The van der Waals surface area contributed by atoms with Crippen LogP contribution in [0.2, 0.25) is 0 Å². The fourth-order valence-electron chi connectivity index (χ4n) is 4.29. The molecule has 10 heteroatoms. The number of hydrogen-bond donors (Lipinski definition) is 0. The van der Waals surface area contributed by atoms with Crippen LogP contribution >= 0.6 is 0 Å². The summed E-state index contributed by atoms with van der Waals surface area (Å²) in [6, 6.07) is 14.8. The highest BCUT2D eigenvalue weighted by molar-refractivity contribution is 6.04. The fraction of sp³-hybridized carbons (Fsp3) is 0.0769. The number of alkyl halides is 1. The van der Waals surface area contributed by atoms with Gasteiger partial charge in [-0.2, -0.15) is 31.6 Å². The van der Waals surface area contributed by atoms with Gasteiger partial charge in [-0.05, 0) is 46.5 Å². The van der Waals surface area contributed by atoms with Crippen molar-refractivity contribution >= 4 is 5.57 Å². The molecule has 2 unspecified atom stereocenters. The smallest absolute Gasteiger partial charge is 0.175 e. The van der Waals surface area contributed by atoms with Crippen molar-refractivity contribution in [1.82, 2.24) is 0 Å². The molecule has 0 aromatic heterocycles. The number of benzene rings is 2. The number of nitriles is 6. The van der Waals surface area contributed by atoms with Crippen molar-refractivity contribution in [2.75, 3.05) is 0 Å². The molecule has 0 bridgehead atoms. The highest BCUT2D eigenvalue weighted by Gasteiger charge is 2.44. The molecule has 0 aliphatic heterocycles. The SMILES string of the molecule is N#CC1=C(F)C(F)C(C(C#N)=C2c3cc(C#N)c(C#N)cc3-c3cc(C#N)c(C#N)cc32)C(F)=C1F. The average Bonchev–Trinajstić information content (AvgIpc) is 3.20. The van der Waals surface area contributed by atoms with Crippen molar-refractivity contribution in [3.8, 4) is 47.5 Å². The zero-order valence-corrected chi connectivity index (χ0v) is 17.7. The summed E-state index contributed by atoms with van der Waals surface area (Å²) in [5.74, 6) is -8.12. The fourth-order valence-corrected chi connectivity index (χ4v) is 4.29. The van der Waals surface area contributed by atoms with Crippen LogP contribution in [0.15, 0.2) is 52.9 Å². The standard InChI is InChI=1S/C26H6F4N6/c27-23-20(10-36)24(28)26(30)22(25(23)29)19(9-35)21-17-3-13(7-33)11(5-31)1-15(17)16-2-12(6-32)14(8-34)4-18(16)21/h1-4,22,25H. The molecule has 0 saturated carbocycles. The summed E-state index contributed by atoms with van der Waals surface area (Å²) >= 11 is 0. The molecule has 2 aromatic rings. The van der Waals surface area contributed by atoms with E-state index in [1.54, 1.807) is 18.2 Å². The number of fused-ring (bicyclic) bond motifs is 3. The van der Waals surface area contributed by atoms with Crippen molar-refractivity contribution in [2.45, 2.75) is 6.17 Å². The van der Waals surface area contributed by atoms with Gasteiger partial charge in [-0.1, -0.05) is 0 Å². The molecule has 6 nitrogen and oxygen atoms in total. The normalized spacial score (nSPS) is 17.6. The summed E-state index contributed by atoms with van der Waals surface area (Å²) in [6.45, 7) is 0. The van der Waals surface area contributed by atoms with E-state index in [9.17, 15) is 35.1 Å². The summed E-state index contributed by atoms with van der Waals surface area (Å²) in [5.41, 5.74) is -2.44. The summed E-state index contributed by atoms with van der Waals surface area (Å²) in [6.07, 6.45) is -2.92. The second-order valence-corrected chi connectivity index (χ2v) is 7.61. The predicted octanol–water partition coefficient (Wildman–Crippen LogP) is 5.34. The number of hydrogen-bond acceptors (Lipinski definition) is 6. The van der Waals surface area contributed by atoms with Gasteiger partial charge in [0.25, 0.3) is 0 Å². The third-order valence-corrected chi connectivity index (χ3v) is 5.91.